The second kappa shape index (κ2) is 9.20. The van der Waals surface area contributed by atoms with Gasteiger partial charge in [-0.15, -0.1) is 0 Å². The van der Waals surface area contributed by atoms with Gasteiger partial charge in [-0.3, -0.25) is 4.79 Å². The van der Waals surface area contributed by atoms with Crippen LogP contribution in [0.3, 0.4) is 0 Å². The van der Waals surface area contributed by atoms with Gasteiger partial charge in [-0.25, -0.2) is 14.5 Å². The van der Waals surface area contributed by atoms with Crippen LogP contribution in [0.15, 0.2) is 35.1 Å². The number of ether oxygens (including phenoxy) is 1. The Morgan fingerprint density at radius 2 is 1.97 bits per heavy atom. The lowest BCUT2D eigenvalue weighted by atomic mass is 10.1. The molecular formula is C22H29N5O4. The van der Waals surface area contributed by atoms with Gasteiger partial charge in [0.1, 0.15) is 11.3 Å². The minimum absolute atomic E-state index is 0.0895. The smallest absolute Gasteiger partial charge is 0.407 e. The normalized spacial score (nSPS) is 11.7. The van der Waals surface area contributed by atoms with Crippen molar-refractivity contribution in [2.24, 2.45) is 0 Å². The van der Waals surface area contributed by atoms with Gasteiger partial charge in [0.2, 0.25) is 0 Å². The number of fused-ring (bicyclic) bond motifs is 1. The van der Waals surface area contributed by atoms with Gasteiger partial charge in [0, 0.05) is 19.1 Å². The van der Waals surface area contributed by atoms with Gasteiger partial charge in [0.05, 0.1) is 23.4 Å². The van der Waals surface area contributed by atoms with Crippen molar-refractivity contribution in [2.75, 3.05) is 13.1 Å². The first kappa shape index (κ1) is 22.3. The highest BCUT2D eigenvalue weighted by Crippen LogP contribution is 2.26. The molecule has 3 aromatic rings. The number of hydrogen-bond donors (Lipinski definition) is 2. The summed E-state index contributed by atoms with van der Waals surface area (Å²) in [5.41, 5.74) is 1.12. The topological polar surface area (TPSA) is 111 Å². The molecule has 3 heterocycles. The molecule has 0 spiro atoms. The maximum absolute atomic E-state index is 12.9. The number of aromatic nitrogens is 3. The Morgan fingerprint density at radius 1 is 1.23 bits per heavy atom. The van der Waals surface area contributed by atoms with Crippen molar-refractivity contribution in [3.8, 4) is 11.5 Å². The fourth-order valence-corrected chi connectivity index (χ4v) is 3.02. The van der Waals surface area contributed by atoms with E-state index >= 15 is 0 Å². The fourth-order valence-electron chi connectivity index (χ4n) is 3.02. The van der Waals surface area contributed by atoms with E-state index in [1.807, 2.05) is 13.8 Å². The fraction of sp³-hybridized carbons (Fsp3) is 0.455. The summed E-state index contributed by atoms with van der Waals surface area (Å²) in [5, 5.41) is 10.7. The molecular weight excluding hydrogens is 398 g/mol. The average molecular weight is 428 g/mol. The molecule has 31 heavy (non-hydrogen) atoms. The van der Waals surface area contributed by atoms with Crippen molar-refractivity contribution in [1.29, 1.82) is 0 Å². The van der Waals surface area contributed by atoms with Crippen molar-refractivity contribution < 1.29 is 18.7 Å². The summed E-state index contributed by atoms with van der Waals surface area (Å²) in [6.07, 6.45) is 3.32. The standard InChI is InChI=1S/C22H29N5O4/c1-14(2)27-19-16(13-25-27)15(12-17(26-19)18-8-6-11-30-18)20(28)23-9-7-10-24-21(29)31-22(3,4)5/h6,8,11-14H,7,9-10H2,1-5H3,(H,23,28)(H,24,29). The van der Waals surface area contributed by atoms with Crippen LogP contribution in [0, 0.1) is 0 Å². The van der Waals surface area contributed by atoms with Gasteiger partial charge in [0.15, 0.2) is 11.4 Å². The van der Waals surface area contributed by atoms with Crippen molar-refractivity contribution in [3.05, 3.63) is 36.2 Å². The number of amides is 2. The highest BCUT2D eigenvalue weighted by atomic mass is 16.6. The molecule has 2 N–H and O–H groups in total. The number of furan rings is 1. The van der Waals surface area contributed by atoms with Crippen molar-refractivity contribution in [1.82, 2.24) is 25.4 Å². The molecule has 3 aromatic heterocycles. The highest BCUT2D eigenvalue weighted by molar-refractivity contribution is 6.06. The van der Waals surface area contributed by atoms with Crippen LogP contribution >= 0.6 is 0 Å². The summed E-state index contributed by atoms with van der Waals surface area (Å²) in [5.74, 6) is 0.342. The molecule has 0 fully saturated rings. The van der Waals surface area contributed by atoms with Crippen LogP contribution < -0.4 is 10.6 Å². The minimum Gasteiger partial charge on any atom is -0.463 e. The maximum atomic E-state index is 12.9. The van der Waals surface area contributed by atoms with E-state index in [0.717, 1.165) is 0 Å². The second-order valence-corrected chi connectivity index (χ2v) is 8.49. The Balaban J connectivity index is 1.70. The average Bonchev–Trinajstić information content (AvgIpc) is 3.35. The van der Waals surface area contributed by atoms with Crippen LogP contribution in [0.25, 0.3) is 22.5 Å². The quantitative estimate of drug-likeness (QED) is 0.553. The van der Waals surface area contributed by atoms with E-state index in [2.05, 4.69) is 20.7 Å². The molecule has 0 saturated carbocycles. The zero-order valence-electron chi connectivity index (χ0n) is 18.6. The van der Waals surface area contributed by atoms with Crippen molar-refractivity contribution in [2.45, 2.75) is 52.7 Å². The largest absolute Gasteiger partial charge is 0.463 e. The van der Waals surface area contributed by atoms with Gasteiger partial charge in [0.25, 0.3) is 5.91 Å². The Labute approximate surface area is 181 Å². The Kier molecular flexibility index (Phi) is 6.62. The molecule has 166 valence electrons. The van der Waals surface area contributed by atoms with Crippen molar-refractivity contribution in [3.63, 3.8) is 0 Å². The SMILES string of the molecule is CC(C)n1ncc2c(C(=O)NCCCNC(=O)OC(C)(C)C)cc(-c3ccco3)nc21. The summed E-state index contributed by atoms with van der Waals surface area (Å²) in [6.45, 7) is 10.2. The first-order chi connectivity index (χ1) is 14.7. The zero-order chi connectivity index (χ0) is 22.6. The van der Waals surface area contributed by atoms with Crippen LogP contribution in [0.2, 0.25) is 0 Å². The lowest BCUT2D eigenvalue weighted by molar-refractivity contribution is 0.0527. The van der Waals surface area contributed by atoms with Gasteiger partial charge < -0.3 is 19.8 Å². The van der Waals surface area contributed by atoms with E-state index < -0.39 is 11.7 Å². The second-order valence-electron chi connectivity index (χ2n) is 8.49. The predicted octanol–water partition coefficient (Wildman–Crippen LogP) is 3.92. The molecule has 3 rings (SSSR count). The number of carbonyl (C=O) groups excluding carboxylic acids is 2. The van der Waals surface area contributed by atoms with Crippen LogP contribution in [0.4, 0.5) is 4.79 Å². The summed E-state index contributed by atoms with van der Waals surface area (Å²) >= 11 is 0. The Morgan fingerprint density at radius 3 is 2.61 bits per heavy atom. The number of rotatable bonds is 7. The zero-order valence-corrected chi connectivity index (χ0v) is 18.6. The third-order valence-electron chi connectivity index (χ3n) is 4.38. The third-order valence-corrected chi connectivity index (χ3v) is 4.38. The van der Waals surface area contributed by atoms with E-state index in [9.17, 15) is 9.59 Å². The Bertz CT molecular complexity index is 1050. The molecule has 2 amide bonds. The van der Waals surface area contributed by atoms with Crippen LogP contribution in [0.1, 0.15) is 57.4 Å². The molecule has 0 aliphatic rings. The summed E-state index contributed by atoms with van der Waals surface area (Å²) in [7, 11) is 0. The van der Waals surface area contributed by atoms with Crippen LogP contribution in [-0.2, 0) is 4.74 Å². The van der Waals surface area contributed by atoms with Crippen LogP contribution in [0.5, 0.6) is 0 Å². The van der Waals surface area contributed by atoms with Gasteiger partial charge in [-0.1, -0.05) is 0 Å². The molecule has 0 saturated heterocycles. The monoisotopic (exact) mass is 427 g/mol. The molecule has 0 aromatic carbocycles. The molecule has 0 aliphatic heterocycles. The lowest BCUT2D eigenvalue weighted by Crippen LogP contribution is -2.34. The number of nitrogens with zero attached hydrogens (tertiary/aromatic N) is 3. The number of hydrogen-bond acceptors (Lipinski definition) is 6. The number of alkyl carbamates (subject to hydrolysis) is 1. The van der Waals surface area contributed by atoms with E-state index in [1.165, 1.54) is 0 Å². The first-order valence-electron chi connectivity index (χ1n) is 10.3. The summed E-state index contributed by atoms with van der Waals surface area (Å²) in [4.78, 5) is 29.3. The molecule has 0 aliphatic carbocycles. The van der Waals surface area contributed by atoms with Gasteiger partial charge >= 0.3 is 6.09 Å². The number of carbonyl (C=O) groups is 2. The van der Waals surface area contributed by atoms with Gasteiger partial charge in [-0.05, 0) is 59.2 Å². The molecule has 0 radical (unpaired) electrons. The highest BCUT2D eigenvalue weighted by Gasteiger charge is 2.19. The molecule has 0 unspecified atom stereocenters. The van der Waals surface area contributed by atoms with E-state index in [0.29, 0.717) is 47.6 Å². The third kappa shape index (κ3) is 5.62. The van der Waals surface area contributed by atoms with E-state index in [1.54, 1.807) is 56.1 Å². The lowest BCUT2D eigenvalue weighted by Gasteiger charge is -2.19. The summed E-state index contributed by atoms with van der Waals surface area (Å²) in [6, 6.07) is 5.38. The molecule has 0 bridgehead atoms. The number of nitrogens with one attached hydrogen (secondary N) is 2. The first-order valence-corrected chi connectivity index (χ1v) is 10.3. The van der Waals surface area contributed by atoms with Crippen LogP contribution in [-0.4, -0.2) is 45.5 Å². The number of pyridine rings is 1. The Hall–Kier alpha value is -3.36. The molecule has 0 atom stereocenters. The van der Waals surface area contributed by atoms with E-state index in [4.69, 9.17) is 9.15 Å². The minimum atomic E-state index is -0.545. The molecule has 9 nitrogen and oxygen atoms in total. The van der Waals surface area contributed by atoms with E-state index in [-0.39, 0.29) is 11.9 Å². The maximum Gasteiger partial charge on any atom is 0.407 e. The van der Waals surface area contributed by atoms with Crippen molar-refractivity contribution >= 4 is 23.0 Å². The molecule has 9 heteroatoms. The predicted molar refractivity (Wildman–Crippen MR) is 117 cm³/mol. The van der Waals surface area contributed by atoms with Gasteiger partial charge in [-0.2, -0.15) is 5.10 Å². The summed E-state index contributed by atoms with van der Waals surface area (Å²) < 4.78 is 12.4.